The van der Waals surface area contributed by atoms with Crippen molar-refractivity contribution in [1.29, 1.82) is 0 Å². The Morgan fingerprint density at radius 1 is 1.21 bits per heavy atom. The Morgan fingerprint density at radius 2 is 2.00 bits per heavy atom. The van der Waals surface area contributed by atoms with E-state index in [1.165, 1.54) is 15.6 Å². The first-order valence-electron chi connectivity index (χ1n) is 6.23. The SMILES string of the molecule is CCn1nc(Cn2ncn(C)c2=O)c2ccccc21. The van der Waals surface area contributed by atoms with E-state index < -0.39 is 0 Å². The Labute approximate surface area is 109 Å². The molecule has 0 aliphatic heterocycles. The number of nitrogens with zero attached hydrogens (tertiary/aromatic N) is 5. The van der Waals surface area contributed by atoms with Gasteiger partial charge in [-0.25, -0.2) is 9.48 Å². The highest BCUT2D eigenvalue weighted by Gasteiger charge is 2.11. The third kappa shape index (κ3) is 1.85. The molecule has 0 aliphatic carbocycles. The highest BCUT2D eigenvalue weighted by molar-refractivity contribution is 5.81. The fraction of sp³-hybridized carbons (Fsp3) is 0.308. The lowest BCUT2D eigenvalue weighted by molar-refractivity contribution is 0.608. The molecule has 6 nitrogen and oxygen atoms in total. The van der Waals surface area contributed by atoms with Crippen LogP contribution in [0.4, 0.5) is 0 Å². The Kier molecular flexibility index (Phi) is 2.70. The van der Waals surface area contributed by atoms with E-state index in [1.807, 2.05) is 28.9 Å². The van der Waals surface area contributed by atoms with Gasteiger partial charge in [0.25, 0.3) is 0 Å². The third-order valence-electron chi connectivity index (χ3n) is 3.22. The first kappa shape index (κ1) is 11.7. The smallest absolute Gasteiger partial charge is 0.285 e. The van der Waals surface area contributed by atoms with Crippen molar-refractivity contribution in [1.82, 2.24) is 24.1 Å². The maximum atomic E-state index is 11.8. The van der Waals surface area contributed by atoms with Crippen LogP contribution in [0.2, 0.25) is 0 Å². The predicted octanol–water partition coefficient (Wildman–Crippen LogP) is 1.000. The van der Waals surface area contributed by atoms with Crippen molar-refractivity contribution in [2.45, 2.75) is 20.0 Å². The molecule has 0 amide bonds. The molecule has 0 aliphatic rings. The summed E-state index contributed by atoms with van der Waals surface area (Å²) in [4.78, 5) is 11.8. The number of hydrogen-bond acceptors (Lipinski definition) is 3. The maximum absolute atomic E-state index is 11.8. The molecule has 98 valence electrons. The molecule has 0 unspecified atom stereocenters. The number of fused-ring (bicyclic) bond motifs is 1. The van der Waals surface area contributed by atoms with Gasteiger partial charge in [0.2, 0.25) is 0 Å². The second kappa shape index (κ2) is 4.38. The lowest BCUT2D eigenvalue weighted by Gasteiger charge is -1.96. The average molecular weight is 257 g/mol. The molecule has 0 bridgehead atoms. The van der Waals surface area contributed by atoms with Gasteiger partial charge in [-0.3, -0.25) is 9.25 Å². The predicted molar refractivity (Wildman–Crippen MR) is 72.0 cm³/mol. The summed E-state index contributed by atoms with van der Waals surface area (Å²) >= 11 is 0. The largest absolute Gasteiger partial charge is 0.345 e. The topological polar surface area (TPSA) is 57.6 Å². The van der Waals surface area contributed by atoms with Crippen molar-refractivity contribution in [3.8, 4) is 0 Å². The standard InChI is InChI=1S/C13H15N5O/c1-3-17-12-7-5-4-6-10(12)11(15-17)8-18-13(19)16(2)9-14-18/h4-7,9H,3,8H2,1-2H3. The molecule has 0 saturated carbocycles. The van der Waals surface area contributed by atoms with Crippen molar-refractivity contribution >= 4 is 10.9 Å². The number of benzene rings is 1. The van der Waals surface area contributed by atoms with Gasteiger partial charge in [0, 0.05) is 19.0 Å². The summed E-state index contributed by atoms with van der Waals surface area (Å²) < 4.78 is 4.83. The summed E-state index contributed by atoms with van der Waals surface area (Å²) in [5.74, 6) is 0. The fourth-order valence-electron chi connectivity index (χ4n) is 2.23. The van der Waals surface area contributed by atoms with Crippen LogP contribution in [-0.2, 0) is 20.1 Å². The van der Waals surface area contributed by atoms with E-state index >= 15 is 0 Å². The third-order valence-corrected chi connectivity index (χ3v) is 3.22. The Morgan fingerprint density at radius 3 is 2.68 bits per heavy atom. The molecule has 0 saturated heterocycles. The minimum atomic E-state index is -0.130. The van der Waals surface area contributed by atoms with E-state index in [0.717, 1.165) is 23.1 Å². The van der Waals surface area contributed by atoms with Crippen molar-refractivity contribution in [2.75, 3.05) is 0 Å². The lowest BCUT2D eigenvalue weighted by atomic mass is 10.2. The van der Waals surface area contributed by atoms with Crippen LogP contribution in [0.3, 0.4) is 0 Å². The quantitative estimate of drug-likeness (QED) is 0.703. The van der Waals surface area contributed by atoms with Gasteiger partial charge < -0.3 is 0 Å². The second-order valence-electron chi connectivity index (χ2n) is 4.46. The monoisotopic (exact) mass is 257 g/mol. The summed E-state index contributed by atoms with van der Waals surface area (Å²) in [7, 11) is 1.69. The molecule has 0 fully saturated rings. The summed E-state index contributed by atoms with van der Waals surface area (Å²) in [5, 5.41) is 9.70. The average Bonchev–Trinajstić information content (AvgIpc) is 2.95. The van der Waals surface area contributed by atoms with Crippen LogP contribution < -0.4 is 5.69 Å². The van der Waals surface area contributed by atoms with Gasteiger partial charge in [0.1, 0.15) is 6.33 Å². The molecule has 6 heteroatoms. The van der Waals surface area contributed by atoms with Gasteiger partial charge in [0.05, 0.1) is 17.8 Å². The lowest BCUT2D eigenvalue weighted by Crippen LogP contribution is -2.23. The van der Waals surface area contributed by atoms with Crippen LogP contribution >= 0.6 is 0 Å². The van der Waals surface area contributed by atoms with Crippen LogP contribution in [0.15, 0.2) is 35.4 Å². The molecule has 0 N–H and O–H groups in total. The molecule has 0 spiro atoms. The zero-order valence-corrected chi connectivity index (χ0v) is 10.9. The van der Waals surface area contributed by atoms with Crippen LogP contribution in [0, 0.1) is 0 Å². The molecule has 19 heavy (non-hydrogen) atoms. The molecule has 1 aromatic carbocycles. The van der Waals surface area contributed by atoms with E-state index in [9.17, 15) is 4.79 Å². The van der Waals surface area contributed by atoms with E-state index in [1.54, 1.807) is 7.05 Å². The Bertz CT molecular complexity index is 780. The van der Waals surface area contributed by atoms with Crippen molar-refractivity contribution < 1.29 is 0 Å². The highest BCUT2D eigenvalue weighted by atomic mass is 16.2. The molecular formula is C13H15N5O. The van der Waals surface area contributed by atoms with Crippen LogP contribution in [0.25, 0.3) is 10.9 Å². The van der Waals surface area contributed by atoms with E-state index in [4.69, 9.17) is 0 Å². The number of rotatable bonds is 3. The number of aryl methyl sites for hydroxylation is 2. The summed E-state index contributed by atoms with van der Waals surface area (Å²) in [6.45, 7) is 3.25. The molecule has 2 aromatic heterocycles. The summed E-state index contributed by atoms with van der Waals surface area (Å²) in [6.07, 6.45) is 1.52. The molecular weight excluding hydrogens is 242 g/mol. The van der Waals surface area contributed by atoms with E-state index in [-0.39, 0.29) is 5.69 Å². The maximum Gasteiger partial charge on any atom is 0.345 e. The first-order chi connectivity index (χ1) is 9.20. The van der Waals surface area contributed by atoms with E-state index in [2.05, 4.69) is 17.1 Å². The number of hydrogen-bond donors (Lipinski definition) is 0. The molecule has 3 rings (SSSR count). The van der Waals surface area contributed by atoms with E-state index in [0.29, 0.717) is 6.54 Å². The van der Waals surface area contributed by atoms with Gasteiger partial charge in [-0.05, 0) is 13.0 Å². The fourth-order valence-corrected chi connectivity index (χ4v) is 2.23. The first-order valence-corrected chi connectivity index (χ1v) is 6.23. The minimum Gasteiger partial charge on any atom is -0.285 e. The normalized spacial score (nSPS) is 11.3. The highest BCUT2D eigenvalue weighted by Crippen LogP contribution is 2.18. The van der Waals surface area contributed by atoms with Gasteiger partial charge in [-0.15, -0.1) is 0 Å². The van der Waals surface area contributed by atoms with Gasteiger partial charge in [-0.2, -0.15) is 10.2 Å². The molecule has 0 atom stereocenters. The van der Waals surface area contributed by atoms with Crippen molar-refractivity contribution in [3.63, 3.8) is 0 Å². The van der Waals surface area contributed by atoms with Gasteiger partial charge in [-0.1, -0.05) is 18.2 Å². The van der Waals surface area contributed by atoms with Gasteiger partial charge in [0.15, 0.2) is 0 Å². The number of para-hydroxylation sites is 1. The summed E-state index contributed by atoms with van der Waals surface area (Å²) in [6, 6.07) is 8.04. The van der Waals surface area contributed by atoms with Crippen molar-refractivity contribution in [2.24, 2.45) is 7.05 Å². The zero-order chi connectivity index (χ0) is 13.4. The van der Waals surface area contributed by atoms with Gasteiger partial charge >= 0.3 is 5.69 Å². The Hall–Kier alpha value is -2.37. The van der Waals surface area contributed by atoms with Crippen LogP contribution in [0.5, 0.6) is 0 Å². The van der Waals surface area contributed by atoms with Crippen molar-refractivity contribution in [3.05, 3.63) is 46.8 Å². The zero-order valence-electron chi connectivity index (χ0n) is 10.9. The molecule has 0 radical (unpaired) electrons. The number of aromatic nitrogens is 5. The van der Waals surface area contributed by atoms with Crippen LogP contribution in [0.1, 0.15) is 12.6 Å². The second-order valence-corrected chi connectivity index (χ2v) is 4.46. The minimum absolute atomic E-state index is 0.130. The summed E-state index contributed by atoms with van der Waals surface area (Å²) in [5.41, 5.74) is 1.83. The Balaban J connectivity index is 2.11. The molecule has 3 aromatic rings. The molecule has 2 heterocycles. The van der Waals surface area contributed by atoms with Crippen LogP contribution in [-0.4, -0.2) is 24.1 Å².